The van der Waals surface area contributed by atoms with Gasteiger partial charge < -0.3 is 39.9 Å². The second-order valence-corrected chi connectivity index (χ2v) is 20.9. The van der Waals surface area contributed by atoms with Gasteiger partial charge in [0.1, 0.15) is 24.8 Å². The molecule has 2 amide bonds. The van der Waals surface area contributed by atoms with Crippen LogP contribution < -0.4 is 47.3 Å². The van der Waals surface area contributed by atoms with E-state index in [0.29, 0.717) is 44.8 Å². The van der Waals surface area contributed by atoms with Crippen molar-refractivity contribution in [2.75, 3.05) is 68.7 Å². The Morgan fingerprint density at radius 2 is 1.74 bits per heavy atom. The summed E-state index contributed by atoms with van der Waals surface area (Å²) in [4.78, 5) is 53.3. The lowest BCUT2D eigenvalue weighted by Crippen LogP contribution is -2.44. The summed E-state index contributed by atoms with van der Waals surface area (Å²) in [5.41, 5.74) is 7.62. The third-order valence-corrected chi connectivity index (χ3v) is 14.3. The molecule has 3 aromatic heterocycles. The molecule has 0 spiro atoms. The van der Waals surface area contributed by atoms with Gasteiger partial charge in [-0.2, -0.15) is 4.98 Å². The van der Waals surface area contributed by atoms with E-state index in [4.69, 9.17) is 19.1 Å². The number of aryl methyl sites for hydroxylation is 2. The molecule has 16 nitrogen and oxygen atoms in total. The normalized spacial score (nSPS) is 16.0. The Kier molecular flexibility index (Phi) is 14.0. The van der Waals surface area contributed by atoms with Gasteiger partial charge in [-0.15, -0.1) is 0 Å². The lowest BCUT2D eigenvalue weighted by molar-refractivity contribution is -0.135. The molecule has 18 heteroatoms. The van der Waals surface area contributed by atoms with Crippen LogP contribution in [0.1, 0.15) is 62.4 Å². The molecule has 1 atom stereocenters. The highest BCUT2D eigenvalue weighted by Gasteiger charge is 2.31. The fourth-order valence-corrected chi connectivity index (χ4v) is 10.6. The molecule has 342 valence electrons. The fourth-order valence-electron chi connectivity index (χ4n) is 8.84. The van der Waals surface area contributed by atoms with Crippen LogP contribution in [0.4, 0.5) is 28.8 Å². The molecular formula is C47H56BrN10O6P. The quantitative estimate of drug-likeness (QED) is 0.0358. The predicted molar refractivity (Wildman–Crippen MR) is 261 cm³/mol. The van der Waals surface area contributed by atoms with Crippen molar-refractivity contribution in [1.82, 2.24) is 35.5 Å². The lowest BCUT2D eigenvalue weighted by atomic mass is 10.0. The minimum atomic E-state index is -2.74. The maximum atomic E-state index is 13.7. The van der Waals surface area contributed by atoms with Gasteiger partial charge in [-0.3, -0.25) is 24.5 Å². The number of halogens is 1. The fraction of sp³-hybridized carbons (Fsp3) is 0.404. The maximum Gasteiger partial charge on any atom is 0.420 e. The number of fused-ring (bicyclic) bond motifs is 2. The summed E-state index contributed by atoms with van der Waals surface area (Å²) in [5.74, 6) is 0.194. The first-order valence-corrected chi connectivity index (χ1v) is 25.6. The molecule has 6 aromatic rings. The SMILES string of the molecule is CCc1ccc2c(P(C)(C)=O)c(Nc3nc(Nc4cc(CC)c(N5CCC(NCCNCCc6ccc7c(c6)oc(=O)n7C6CCC(=O)NC6=O)CC5)cc4OC)ncc3Br)ccc2n1. The van der Waals surface area contributed by atoms with Crippen molar-refractivity contribution in [3.8, 4) is 5.75 Å². The molecule has 0 radical (unpaired) electrons. The second-order valence-electron chi connectivity index (χ2n) is 16.9. The van der Waals surface area contributed by atoms with E-state index in [9.17, 15) is 18.9 Å². The monoisotopic (exact) mass is 966 g/mol. The number of aromatic nitrogens is 4. The first kappa shape index (κ1) is 45.9. The summed E-state index contributed by atoms with van der Waals surface area (Å²) >= 11 is 3.62. The number of oxazole rings is 1. The van der Waals surface area contributed by atoms with Crippen molar-refractivity contribution >= 4 is 91.0 Å². The number of hydrogen-bond acceptors (Lipinski definition) is 14. The Balaban J connectivity index is 0.840. The number of amides is 2. The Bertz CT molecular complexity index is 2850. The third-order valence-electron chi connectivity index (χ3n) is 12.2. The minimum absolute atomic E-state index is 0.183. The Labute approximate surface area is 386 Å². The van der Waals surface area contributed by atoms with Crippen LogP contribution in [-0.2, 0) is 33.4 Å². The molecule has 2 aliphatic rings. The highest BCUT2D eigenvalue weighted by Crippen LogP contribution is 2.42. The van der Waals surface area contributed by atoms with Crippen LogP contribution in [0.25, 0.3) is 22.0 Å². The van der Waals surface area contributed by atoms with Crippen molar-refractivity contribution in [2.24, 2.45) is 0 Å². The number of ether oxygens (including phenoxy) is 1. The van der Waals surface area contributed by atoms with E-state index in [1.165, 1.54) is 10.1 Å². The molecule has 1 unspecified atom stereocenters. The summed E-state index contributed by atoms with van der Waals surface area (Å²) in [6.45, 7) is 12.0. The van der Waals surface area contributed by atoms with Crippen LogP contribution in [0, 0.1) is 0 Å². The van der Waals surface area contributed by atoms with Gasteiger partial charge in [0.15, 0.2) is 5.58 Å². The average molecular weight is 968 g/mol. The number of benzene rings is 3. The molecule has 0 aliphatic carbocycles. The molecule has 65 heavy (non-hydrogen) atoms. The second kappa shape index (κ2) is 19.9. The summed E-state index contributed by atoms with van der Waals surface area (Å²) < 4.78 is 27.1. The van der Waals surface area contributed by atoms with Gasteiger partial charge in [0.25, 0.3) is 0 Å². The number of carbonyl (C=O) groups is 2. The maximum absolute atomic E-state index is 13.7. The van der Waals surface area contributed by atoms with Crippen LogP contribution in [-0.4, -0.2) is 90.5 Å². The van der Waals surface area contributed by atoms with Crippen LogP contribution in [0.2, 0.25) is 0 Å². The summed E-state index contributed by atoms with van der Waals surface area (Å²) in [5, 5.41) is 18.0. The first-order chi connectivity index (χ1) is 31.3. The minimum Gasteiger partial charge on any atom is -0.494 e. The van der Waals surface area contributed by atoms with Gasteiger partial charge in [-0.25, -0.2) is 9.78 Å². The van der Waals surface area contributed by atoms with E-state index in [1.807, 2.05) is 42.5 Å². The highest BCUT2D eigenvalue weighted by atomic mass is 79.9. The number of anilines is 5. The van der Waals surface area contributed by atoms with Crippen molar-refractivity contribution in [3.63, 3.8) is 0 Å². The van der Waals surface area contributed by atoms with E-state index in [2.05, 4.69) is 78.4 Å². The number of nitrogens with zero attached hydrogens (tertiary/aromatic N) is 5. The van der Waals surface area contributed by atoms with E-state index in [0.717, 1.165) is 104 Å². The molecule has 2 fully saturated rings. The highest BCUT2D eigenvalue weighted by molar-refractivity contribution is 9.10. The Morgan fingerprint density at radius 1 is 0.923 bits per heavy atom. The number of methoxy groups -OCH3 is 1. The van der Waals surface area contributed by atoms with Crippen LogP contribution in [0.5, 0.6) is 5.75 Å². The van der Waals surface area contributed by atoms with Gasteiger partial charge >= 0.3 is 5.76 Å². The van der Waals surface area contributed by atoms with E-state index in [1.54, 1.807) is 26.6 Å². The number of pyridine rings is 1. The van der Waals surface area contributed by atoms with E-state index in [-0.39, 0.29) is 18.7 Å². The Hall–Kier alpha value is -5.61. The Morgan fingerprint density at radius 3 is 2.48 bits per heavy atom. The number of hydrogen-bond donors (Lipinski definition) is 5. The summed E-state index contributed by atoms with van der Waals surface area (Å²) in [6.07, 6.45) is 6.57. The molecule has 0 bridgehead atoms. The topological polar surface area (TPSA) is 198 Å². The van der Waals surface area contributed by atoms with Crippen LogP contribution >= 0.6 is 23.1 Å². The predicted octanol–water partition coefficient (Wildman–Crippen LogP) is 6.93. The smallest absolute Gasteiger partial charge is 0.420 e. The first-order valence-electron chi connectivity index (χ1n) is 22.3. The van der Waals surface area contributed by atoms with Crippen molar-refractivity contribution in [3.05, 3.63) is 92.6 Å². The third kappa shape index (κ3) is 10.3. The zero-order valence-corrected chi connectivity index (χ0v) is 39.9. The molecule has 5 N–H and O–H groups in total. The van der Waals surface area contributed by atoms with Crippen molar-refractivity contribution in [2.45, 2.75) is 70.9 Å². The average Bonchev–Trinajstić information content (AvgIpc) is 3.62. The molecule has 2 saturated heterocycles. The van der Waals surface area contributed by atoms with Gasteiger partial charge in [0, 0.05) is 73.0 Å². The van der Waals surface area contributed by atoms with Crippen molar-refractivity contribution < 1.29 is 23.3 Å². The van der Waals surface area contributed by atoms with Gasteiger partial charge in [-0.05, 0) is 122 Å². The van der Waals surface area contributed by atoms with Gasteiger partial charge in [0.05, 0.1) is 34.0 Å². The summed E-state index contributed by atoms with van der Waals surface area (Å²) in [7, 11) is -1.07. The standard InChI is InChI=1S/C47H56BrN10O6P/c1-6-29-25-36(54-46-51-27-33(48)44(56-46)53-35-12-11-34-32(43(35)65(4,5)62)10-9-30(7-2)52-34)40(63-3)26-39(29)57-22-17-31(18-23-57)50-21-20-49-19-16-28-8-13-37-41(24-28)64-47(61)58(37)38-14-15-42(59)55-45(38)60/h8-13,24-27,31,38,49-50H,6-7,14-23H2,1-5H3,(H,55,59,60)(H2,51,53,54,56). The number of piperidine rings is 2. The molecule has 2 aliphatic heterocycles. The number of nitrogens with one attached hydrogen (secondary N) is 5. The lowest BCUT2D eigenvalue weighted by Gasteiger charge is -2.35. The molecule has 8 rings (SSSR count). The van der Waals surface area contributed by atoms with Gasteiger partial charge in [-0.1, -0.05) is 26.0 Å². The number of imide groups is 1. The van der Waals surface area contributed by atoms with Crippen molar-refractivity contribution in [1.29, 1.82) is 0 Å². The molecule has 0 saturated carbocycles. The van der Waals surface area contributed by atoms with Crippen LogP contribution in [0.15, 0.2) is 74.5 Å². The number of rotatable bonds is 17. The number of carbonyl (C=O) groups excluding carboxylic acids is 2. The summed E-state index contributed by atoms with van der Waals surface area (Å²) in [6, 6.07) is 17.4. The molecule has 3 aromatic carbocycles. The largest absolute Gasteiger partial charge is 0.494 e. The van der Waals surface area contributed by atoms with E-state index >= 15 is 0 Å². The van der Waals surface area contributed by atoms with Crippen LogP contribution in [0.3, 0.4) is 0 Å². The van der Waals surface area contributed by atoms with Gasteiger partial charge in [0.2, 0.25) is 17.8 Å². The zero-order valence-electron chi connectivity index (χ0n) is 37.4. The zero-order chi connectivity index (χ0) is 45.8. The molecular weight excluding hydrogens is 911 g/mol. The molecule has 5 heterocycles. The van der Waals surface area contributed by atoms with E-state index < -0.39 is 24.8 Å².